The van der Waals surface area contributed by atoms with Crippen molar-refractivity contribution in [1.29, 1.82) is 5.41 Å². The van der Waals surface area contributed by atoms with Crippen LogP contribution in [-0.4, -0.2) is 22.2 Å². The molecule has 0 aliphatic carbocycles. The smallest absolute Gasteiger partial charge is 0.141 e. The van der Waals surface area contributed by atoms with Crippen molar-refractivity contribution in [1.82, 2.24) is 9.97 Å². The molecule has 5 rings (SSSR count). The van der Waals surface area contributed by atoms with Gasteiger partial charge in [0.15, 0.2) is 0 Å². The first-order chi connectivity index (χ1) is 19.3. The second-order valence-electron chi connectivity index (χ2n) is 10.1. The molecular formula is C34H36N6. The molecular weight excluding hydrogens is 492 g/mol. The highest BCUT2D eigenvalue weighted by molar-refractivity contribution is 6.16. The zero-order chi connectivity index (χ0) is 28.4. The lowest BCUT2D eigenvalue weighted by molar-refractivity contribution is 1.03. The van der Waals surface area contributed by atoms with Crippen molar-refractivity contribution in [3.63, 3.8) is 0 Å². The van der Waals surface area contributed by atoms with E-state index in [-0.39, 0.29) is 5.82 Å². The Kier molecular flexibility index (Phi) is 7.52. The van der Waals surface area contributed by atoms with Crippen LogP contribution in [0.1, 0.15) is 58.4 Å². The standard InChI is InChI=1S/C34H36N6/c1-6-24-15-16-27(17-25(24)7-2)32(35)31-33(36)38-20-39-34(31)37-19-28-18-26-13-10-12-22(4)30(26)23(5)40(28)29-14-9-8-11-21(29)3/h8-18,20,35H,5-7,19H2,1-4H3,(H3,36,37,38,39). The lowest BCUT2D eigenvalue weighted by atomic mass is 9.93. The molecule has 0 saturated heterocycles. The summed E-state index contributed by atoms with van der Waals surface area (Å²) in [6, 6.07) is 20.8. The summed E-state index contributed by atoms with van der Waals surface area (Å²) in [5.41, 5.74) is 18.1. The van der Waals surface area contributed by atoms with Crippen molar-refractivity contribution >= 4 is 34.8 Å². The Hall–Kier alpha value is -4.71. The van der Waals surface area contributed by atoms with Crippen LogP contribution >= 0.6 is 0 Å². The number of nitrogens with one attached hydrogen (secondary N) is 2. The highest BCUT2D eigenvalue weighted by atomic mass is 15.2. The largest absolute Gasteiger partial charge is 0.383 e. The monoisotopic (exact) mass is 528 g/mol. The fourth-order valence-electron chi connectivity index (χ4n) is 5.53. The van der Waals surface area contributed by atoms with Gasteiger partial charge in [-0.1, -0.05) is 69.0 Å². The van der Waals surface area contributed by atoms with Gasteiger partial charge in [0.1, 0.15) is 18.0 Å². The quantitative estimate of drug-likeness (QED) is 0.211. The van der Waals surface area contributed by atoms with Crippen molar-refractivity contribution in [2.75, 3.05) is 22.5 Å². The fourth-order valence-corrected chi connectivity index (χ4v) is 5.53. The minimum absolute atomic E-state index is 0.277. The van der Waals surface area contributed by atoms with E-state index in [1.54, 1.807) is 0 Å². The molecule has 4 aromatic rings. The normalized spacial score (nSPS) is 12.7. The van der Waals surface area contributed by atoms with E-state index in [2.05, 4.69) is 103 Å². The van der Waals surface area contributed by atoms with Gasteiger partial charge in [0.25, 0.3) is 0 Å². The summed E-state index contributed by atoms with van der Waals surface area (Å²) >= 11 is 0. The minimum atomic E-state index is 0.277. The number of hydrogen-bond acceptors (Lipinski definition) is 6. The summed E-state index contributed by atoms with van der Waals surface area (Å²) < 4.78 is 0. The Bertz CT molecular complexity index is 1650. The van der Waals surface area contributed by atoms with Crippen LogP contribution in [0.5, 0.6) is 0 Å². The van der Waals surface area contributed by atoms with Crippen LogP contribution in [-0.2, 0) is 12.8 Å². The van der Waals surface area contributed by atoms with Crippen molar-refractivity contribution in [2.45, 2.75) is 40.5 Å². The Morgan fingerprint density at radius 2 is 1.70 bits per heavy atom. The van der Waals surface area contributed by atoms with E-state index < -0.39 is 0 Å². The molecule has 0 radical (unpaired) electrons. The molecule has 2 heterocycles. The van der Waals surface area contributed by atoms with Gasteiger partial charge < -0.3 is 16.0 Å². The zero-order valence-corrected chi connectivity index (χ0v) is 23.7. The summed E-state index contributed by atoms with van der Waals surface area (Å²) in [5, 5.41) is 12.6. The predicted octanol–water partition coefficient (Wildman–Crippen LogP) is 7.16. The molecule has 0 bridgehead atoms. The van der Waals surface area contributed by atoms with E-state index in [1.807, 2.05) is 18.2 Å². The molecule has 6 heteroatoms. The van der Waals surface area contributed by atoms with Gasteiger partial charge in [-0.25, -0.2) is 9.97 Å². The first-order valence-corrected chi connectivity index (χ1v) is 13.7. The number of hydrogen-bond donors (Lipinski definition) is 3. The third kappa shape index (κ3) is 4.89. The minimum Gasteiger partial charge on any atom is -0.383 e. The highest BCUT2D eigenvalue weighted by Crippen LogP contribution is 2.39. The summed E-state index contributed by atoms with van der Waals surface area (Å²) in [6.45, 7) is 13.5. The Morgan fingerprint density at radius 3 is 2.45 bits per heavy atom. The number of benzene rings is 3. The number of nitrogen functional groups attached to an aromatic ring is 1. The maximum atomic E-state index is 9.09. The molecule has 1 aliphatic rings. The highest BCUT2D eigenvalue weighted by Gasteiger charge is 2.26. The molecule has 0 amide bonds. The first-order valence-electron chi connectivity index (χ1n) is 13.7. The number of rotatable bonds is 8. The Morgan fingerprint density at radius 1 is 0.950 bits per heavy atom. The summed E-state index contributed by atoms with van der Waals surface area (Å²) in [5.74, 6) is 0.806. The van der Waals surface area contributed by atoms with E-state index in [0.717, 1.165) is 52.2 Å². The summed E-state index contributed by atoms with van der Waals surface area (Å²) in [4.78, 5) is 11.0. The van der Waals surface area contributed by atoms with E-state index in [1.165, 1.54) is 23.0 Å². The van der Waals surface area contributed by atoms with Crippen LogP contribution in [0.25, 0.3) is 11.8 Å². The number of fused-ring (bicyclic) bond motifs is 1. The molecule has 1 aromatic heterocycles. The Labute approximate surface area is 236 Å². The number of aryl methyl sites for hydroxylation is 4. The molecule has 4 N–H and O–H groups in total. The van der Waals surface area contributed by atoms with E-state index >= 15 is 0 Å². The second-order valence-corrected chi connectivity index (χ2v) is 10.1. The number of anilines is 3. The van der Waals surface area contributed by atoms with Crippen LogP contribution in [0.2, 0.25) is 0 Å². The third-order valence-corrected chi connectivity index (χ3v) is 7.65. The van der Waals surface area contributed by atoms with E-state index in [9.17, 15) is 0 Å². The van der Waals surface area contributed by atoms with Crippen LogP contribution in [0.4, 0.5) is 17.3 Å². The van der Waals surface area contributed by atoms with Crippen LogP contribution < -0.4 is 16.0 Å². The van der Waals surface area contributed by atoms with Crippen molar-refractivity contribution < 1.29 is 0 Å². The second kappa shape index (κ2) is 11.2. The van der Waals surface area contributed by atoms with Crippen LogP contribution in [0.3, 0.4) is 0 Å². The zero-order valence-electron chi connectivity index (χ0n) is 23.7. The van der Waals surface area contributed by atoms with Gasteiger partial charge in [-0.3, -0.25) is 5.41 Å². The number of nitrogens with zero attached hydrogens (tertiary/aromatic N) is 3. The average Bonchev–Trinajstić information content (AvgIpc) is 2.96. The van der Waals surface area contributed by atoms with Gasteiger partial charge in [-0.15, -0.1) is 0 Å². The van der Waals surface area contributed by atoms with Crippen molar-refractivity contribution in [2.24, 2.45) is 0 Å². The number of aromatic nitrogens is 2. The SMILES string of the molecule is C=C1c2c(C)cccc2C=C(CNc2ncnc(N)c2C(=N)c2ccc(CC)c(CC)c2)N1c1ccccc1C. The lowest BCUT2D eigenvalue weighted by Gasteiger charge is -2.35. The van der Waals surface area contributed by atoms with Gasteiger partial charge >= 0.3 is 0 Å². The molecule has 202 valence electrons. The van der Waals surface area contributed by atoms with E-state index in [0.29, 0.717) is 23.6 Å². The first kappa shape index (κ1) is 26.9. The maximum Gasteiger partial charge on any atom is 0.141 e. The number of para-hydroxylation sites is 1. The average molecular weight is 529 g/mol. The molecule has 0 spiro atoms. The van der Waals surface area contributed by atoms with Gasteiger partial charge in [0.2, 0.25) is 0 Å². The third-order valence-electron chi connectivity index (χ3n) is 7.65. The number of nitrogens with two attached hydrogens (primary N) is 1. The molecule has 40 heavy (non-hydrogen) atoms. The predicted molar refractivity (Wildman–Crippen MR) is 168 cm³/mol. The molecule has 0 saturated carbocycles. The van der Waals surface area contributed by atoms with E-state index in [4.69, 9.17) is 11.1 Å². The van der Waals surface area contributed by atoms with Gasteiger partial charge in [0, 0.05) is 28.2 Å². The van der Waals surface area contributed by atoms with Crippen molar-refractivity contribution in [3.05, 3.63) is 124 Å². The lowest BCUT2D eigenvalue weighted by Crippen LogP contribution is -2.29. The maximum absolute atomic E-state index is 9.09. The topological polar surface area (TPSA) is 90.9 Å². The Balaban J connectivity index is 1.53. The van der Waals surface area contributed by atoms with Gasteiger partial charge in [-0.05, 0) is 72.7 Å². The van der Waals surface area contributed by atoms with Crippen molar-refractivity contribution in [3.8, 4) is 0 Å². The summed E-state index contributed by atoms with van der Waals surface area (Å²) in [7, 11) is 0. The van der Waals surface area contributed by atoms with Crippen LogP contribution in [0.15, 0.2) is 79.3 Å². The molecule has 0 fully saturated rings. The molecule has 0 unspecified atom stereocenters. The molecule has 6 nitrogen and oxygen atoms in total. The van der Waals surface area contributed by atoms with Gasteiger partial charge in [-0.2, -0.15) is 0 Å². The molecule has 1 aliphatic heterocycles. The molecule has 3 aromatic carbocycles. The molecule has 0 atom stereocenters. The fraction of sp³-hybridized carbons (Fsp3) is 0.206. The van der Waals surface area contributed by atoms with Gasteiger partial charge in [0.05, 0.1) is 17.8 Å². The van der Waals surface area contributed by atoms with Crippen LogP contribution in [0, 0.1) is 19.3 Å². The summed E-state index contributed by atoms with van der Waals surface area (Å²) in [6.07, 6.45) is 5.51.